The zero-order valence-electron chi connectivity index (χ0n) is 13.8. The number of rotatable bonds is 6. The molecule has 0 aliphatic heterocycles. The average Bonchev–Trinajstić information content (AvgIpc) is 2.55. The monoisotopic (exact) mass is 331 g/mol. The highest BCUT2D eigenvalue weighted by molar-refractivity contribution is 6.32. The molecule has 0 heterocycles. The Balaban J connectivity index is 2.07. The Hall–Kier alpha value is -2.00. The van der Waals surface area contributed by atoms with Crippen molar-refractivity contribution in [3.05, 3.63) is 58.1 Å². The summed E-state index contributed by atoms with van der Waals surface area (Å²) in [5, 5.41) is 3.48. The Bertz CT molecular complexity index is 676. The number of hydrogen-bond acceptors (Lipinski definition) is 2. The van der Waals surface area contributed by atoms with Gasteiger partial charge in [0.2, 0.25) is 0 Å². The molecule has 0 radical (unpaired) electrons. The molecular weight excluding hydrogens is 310 g/mol. The fraction of sp³-hybridized carbons (Fsp3) is 0.316. The first-order valence-electron chi connectivity index (χ1n) is 7.84. The van der Waals surface area contributed by atoms with Gasteiger partial charge in [-0.25, -0.2) is 0 Å². The quantitative estimate of drug-likeness (QED) is 0.826. The van der Waals surface area contributed by atoms with Crippen LogP contribution in [0.5, 0.6) is 5.75 Å². The standard InChI is InChI=1S/C19H22ClNO2/c1-4-14-7-6-8-15(5-2)19(14)21-18(22)12-23-17-11-13(3)9-10-16(17)20/h6-11H,4-5,12H2,1-3H3,(H,21,22). The number of ether oxygens (including phenoxy) is 1. The van der Waals surface area contributed by atoms with E-state index >= 15 is 0 Å². The number of hydrogen-bond donors (Lipinski definition) is 1. The van der Waals surface area contributed by atoms with Crippen molar-refractivity contribution in [2.24, 2.45) is 0 Å². The number of carbonyl (C=O) groups excluding carboxylic acids is 1. The van der Waals surface area contributed by atoms with E-state index in [0.29, 0.717) is 10.8 Å². The first-order valence-corrected chi connectivity index (χ1v) is 8.22. The molecule has 1 N–H and O–H groups in total. The van der Waals surface area contributed by atoms with Gasteiger partial charge in [0.05, 0.1) is 5.02 Å². The minimum atomic E-state index is -0.182. The fourth-order valence-corrected chi connectivity index (χ4v) is 2.62. The Morgan fingerprint density at radius 2 is 1.78 bits per heavy atom. The number of aryl methyl sites for hydroxylation is 3. The molecule has 23 heavy (non-hydrogen) atoms. The maximum atomic E-state index is 12.2. The molecule has 0 bridgehead atoms. The first-order chi connectivity index (χ1) is 11.0. The molecule has 0 saturated carbocycles. The van der Waals surface area contributed by atoms with Crippen LogP contribution in [0.25, 0.3) is 0 Å². The number of para-hydroxylation sites is 1. The summed E-state index contributed by atoms with van der Waals surface area (Å²) in [6, 6.07) is 11.6. The molecule has 3 nitrogen and oxygen atoms in total. The van der Waals surface area contributed by atoms with Crippen LogP contribution in [0.2, 0.25) is 5.02 Å². The Labute approximate surface area is 142 Å². The van der Waals surface area contributed by atoms with Gasteiger partial charge in [0.15, 0.2) is 6.61 Å². The van der Waals surface area contributed by atoms with Gasteiger partial charge in [-0.15, -0.1) is 0 Å². The molecule has 0 unspecified atom stereocenters. The lowest BCUT2D eigenvalue weighted by atomic mass is 10.0. The normalized spacial score (nSPS) is 10.4. The van der Waals surface area contributed by atoms with Crippen LogP contribution in [-0.2, 0) is 17.6 Å². The lowest BCUT2D eigenvalue weighted by Gasteiger charge is -2.15. The molecule has 0 spiro atoms. The molecule has 4 heteroatoms. The Morgan fingerprint density at radius 3 is 2.39 bits per heavy atom. The number of carbonyl (C=O) groups is 1. The highest BCUT2D eigenvalue weighted by Crippen LogP contribution is 2.26. The highest BCUT2D eigenvalue weighted by Gasteiger charge is 2.11. The van der Waals surface area contributed by atoms with Crippen molar-refractivity contribution in [3.8, 4) is 5.75 Å². The number of halogens is 1. The van der Waals surface area contributed by atoms with Crippen LogP contribution in [0, 0.1) is 6.92 Å². The topological polar surface area (TPSA) is 38.3 Å². The summed E-state index contributed by atoms with van der Waals surface area (Å²) in [4.78, 5) is 12.2. The van der Waals surface area contributed by atoms with Crippen molar-refractivity contribution >= 4 is 23.2 Å². The lowest BCUT2D eigenvalue weighted by molar-refractivity contribution is -0.118. The van der Waals surface area contributed by atoms with Crippen LogP contribution in [0.15, 0.2) is 36.4 Å². The van der Waals surface area contributed by atoms with Crippen LogP contribution < -0.4 is 10.1 Å². The van der Waals surface area contributed by atoms with Gasteiger partial charge >= 0.3 is 0 Å². The van der Waals surface area contributed by atoms with Crippen LogP contribution >= 0.6 is 11.6 Å². The summed E-state index contributed by atoms with van der Waals surface area (Å²) >= 11 is 6.08. The summed E-state index contributed by atoms with van der Waals surface area (Å²) in [6.07, 6.45) is 1.74. The largest absolute Gasteiger partial charge is 0.482 e. The van der Waals surface area contributed by atoms with E-state index in [1.807, 2.05) is 37.3 Å². The van der Waals surface area contributed by atoms with Crippen LogP contribution in [0.1, 0.15) is 30.5 Å². The van der Waals surface area contributed by atoms with Crippen molar-refractivity contribution in [2.45, 2.75) is 33.6 Å². The van der Waals surface area contributed by atoms with Crippen LogP contribution in [0.3, 0.4) is 0 Å². The third-order valence-electron chi connectivity index (χ3n) is 3.71. The molecule has 0 aromatic heterocycles. The predicted molar refractivity (Wildman–Crippen MR) is 95.5 cm³/mol. The molecule has 122 valence electrons. The first kappa shape index (κ1) is 17.4. The van der Waals surface area contributed by atoms with E-state index in [-0.39, 0.29) is 12.5 Å². The average molecular weight is 332 g/mol. The summed E-state index contributed by atoms with van der Waals surface area (Å²) in [7, 11) is 0. The SMILES string of the molecule is CCc1cccc(CC)c1NC(=O)COc1cc(C)ccc1Cl. The second kappa shape index (κ2) is 8.02. The molecule has 2 aromatic rings. The summed E-state index contributed by atoms with van der Waals surface area (Å²) in [5.41, 5.74) is 4.20. The number of anilines is 1. The lowest BCUT2D eigenvalue weighted by Crippen LogP contribution is -2.22. The summed E-state index contributed by atoms with van der Waals surface area (Å²) in [5.74, 6) is 0.347. The summed E-state index contributed by atoms with van der Waals surface area (Å²) < 4.78 is 5.55. The van der Waals surface area contributed by atoms with Crippen LogP contribution in [-0.4, -0.2) is 12.5 Å². The van der Waals surface area contributed by atoms with E-state index in [0.717, 1.165) is 35.2 Å². The molecular formula is C19H22ClNO2. The van der Waals surface area contributed by atoms with Gasteiger partial charge in [0.25, 0.3) is 5.91 Å². The van der Waals surface area contributed by atoms with E-state index in [9.17, 15) is 4.79 Å². The third-order valence-corrected chi connectivity index (χ3v) is 4.02. The second-order valence-corrected chi connectivity index (χ2v) is 5.84. The van der Waals surface area contributed by atoms with Crippen LogP contribution in [0.4, 0.5) is 5.69 Å². The smallest absolute Gasteiger partial charge is 0.262 e. The minimum absolute atomic E-state index is 0.0651. The van der Waals surface area contributed by atoms with Crippen molar-refractivity contribution in [1.82, 2.24) is 0 Å². The van der Waals surface area contributed by atoms with Gasteiger partial charge in [-0.2, -0.15) is 0 Å². The van der Waals surface area contributed by atoms with Gasteiger partial charge in [-0.3, -0.25) is 4.79 Å². The molecule has 0 fully saturated rings. The molecule has 2 rings (SSSR count). The predicted octanol–water partition coefficient (Wildman–Crippen LogP) is 4.79. The van der Waals surface area contributed by atoms with Crippen molar-refractivity contribution in [1.29, 1.82) is 0 Å². The van der Waals surface area contributed by atoms with Crippen molar-refractivity contribution in [3.63, 3.8) is 0 Å². The van der Waals surface area contributed by atoms with Gasteiger partial charge in [-0.1, -0.05) is 49.7 Å². The summed E-state index contributed by atoms with van der Waals surface area (Å²) in [6.45, 7) is 6.04. The second-order valence-electron chi connectivity index (χ2n) is 5.43. The number of nitrogens with one attached hydrogen (secondary N) is 1. The zero-order valence-corrected chi connectivity index (χ0v) is 14.5. The Kier molecular flexibility index (Phi) is 6.05. The number of benzene rings is 2. The maximum Gasteiger partial charge on any atom is 0.262 e. The van der Waals surface area contributed by atoms with E-state index in [1.165, 1.54) is 0 Å². The molecule has 2 aromatic carbocycles. The molecule has 0 atom stereocenters. The van der Waals surface area contributed by atoms with Gasteiger partial charge in [0, 0.05) is 5.69 Å². The van der Waals surface area contributed by atoms with E-state index in [1.54, 1.807) is 6.07 Å². The Morgan fingerprint density at radius 1 is 1.13 bits per heavy atom. The number of amides is 1. The van der Waals surface area contributed by atoms with E-state index in [2.05, 4.69) is 19.2 Å². The molecule has 0 aliphatic rings. The third kappa shape index (κ3) is 4.49. The molecule has 0 saturated heterocycles. The minimum Gasteiger partial charge on any atom is -0.482 e. The van der Waals surface area contributed by atoms with Crippen molar-refractivity contribution < 1.29 is 9.53 Å². The maximum absolute atomic E-state index is 12.2. The van der Waals surface area contributed by atoms with Gasteiger partial charge in [0.1, 0.15) is 5.75 Å². The zero-order chi connectivity index (χ0) is 16.8. The van der Waals surface area contributed by atoms with E-state index in [4.69, 9.17) is 16.3 Å². The molecule has 0 aliphatic carbocycles. The van der Waals surface area contributed by atoms with Gasteiger partial charge in [-0.05, 0) is 48.6 Å². The van der Waals surface area contributed by atoms with Crippen molar-refractivity contribution in [2.75, 3.05) is 11.9 Å². The van der Waals surface area contributed by atoms with E-state index < -0.39 is 0 Å². The highest BCUT2D eigenvalue weighted by atomic mass is 35.5. The van der Waals surface area contributed by atoms with Gasteiger partial charge < -0.3 is 10.1 Å². The molecule has 1 amide bonds. The fourth-order valence-electron chi connectivity index (χ4n) is 2.44.